The predicted molar refractivity (Wildman–Crippen MR) is 57.6 cm³/mol. The maximum atomic E-state index is 11.0. The Balaban J connectivity index is 2.01. The summed E-state index contributed by atoms with van der Waals surface area (Å²) in [5.74, 6) is -0.0695. The topological polar surface area (TPSA) is 94.5 Å². The van der Waals surface area contributed by atoms with Crippen LogP contribution in [0, 0.1) is 0 Å². The molecule has 0 bridgehead atoms. The molecule has 2 rings (SSSR count). The lowest BCUT2D eigenvalue weighted by atomic mass is 9.98. The van der Waals surface area contributed by atoms with Crippen LogP contribution in [-0.2, 0) is 23.7 Å². The number of methoxy groups -OCH3 is 1. The van der Waals surface area contributed by atoms with Gasteiger partial charge in [0.1, 0.15) is 30.2 Å². The Kier molecular flexibility index (Phi) is 4.31. The lowest BCUT2D eigenvalue weighted by Crippen LogP contribution is -2.63. The van der Waals surface area contributed by atoms with Crippen LogP contribution in [0.5, 0.6) is 0 Å². The zero-order valence-electron chi connectivity index (χ0n) is 10.3. The van der Waals surface area contributed by atoms with Crippen molar-refractivity contribution in [1.29, 1.82) is 0 Å². The first-order chi connectivity index (χ1) is 8.52. The first-order valence-electron chi connectivity index (χ1n) is 5.84. The molecule has 1 unspecified atom stereocenters. The van der Waals surface area contributed by atoms with E-state index in [1.54, 1.807) is 0 Å². The van der Waals surface area contributed by atoms with Crippen molar-refractivity contribution in [3.05, 3.63) is 0 Å². The van der Waals surface area contributed by atoms with E-state index in [1.165, 1.54) is 14.0 Å². The fraction of sp³-hybridized carbons (Fsp3) is 0.909. The first-order valence-corrected chi connectivity index (χ1v) is 5.84. The monoisotopic (exact) mass is 262 g/mol. The van der Waals surface area contributed by atoms with Gasteiger partial charge in [-0.2, -0.15) is 0 Å². The van der Waals surface area contributed by atoms with E-state index in [-0.39, 0.29) is 18.8 Å². The number of Topliss-reactive ketones (excluding diaryl/α,β-unsaturated/α-hetero) is 1. The lowest BCUT2D eigenvalue weighted by Gasteiger charge is -2.45. The van der Waals surface area contributed by atoms with Crippen LogP contribution in [0.2, 0.25) is 0 Å². The van der Waals surface area contributed by atoms with E-state index in [1.807, 2.05) is 0 Å². The number of rotatable bonds is 3. The van der Waals surface area contributed by atoms with Gasteiger partial charge in [-0.25, -0.2) is 0 Å². The molecular formula is C11H18O7. The molecule has 2 N–H and O–H groups in total. The normalized spacial score (nSPS) is 44.4. The number of carbonyl (C=O) groups excluding carboxylic acids is 1. The van der Waals surface area contributed by atoms with Gasteiger partial charge < -0.3 is 29.2 Å². The average molecular weight is 262 g/mol. The molecule has 2 aliphatic rings. The highest BCUT2D eigenvalue weighted by atomic mass is 16.7. The van der Waals surface area contributed by atoms with Crippen LogP contribution in [0.1, 0.15) is 13.3 Å². The van der Waals surface area contributed by atoms with Crippen molar-refractivity contribution in [2.45, 2.75) is 50.3 Å². The molecule has 104 valence electrons. The predicted octanol–water partition coefficient (Wildman–Crippen LogP) is -1.20. The van der Waals surface area contributed by atoms with Crippen LogP contribution < -0.4 is 0 Å². The molecule has 6 atom stereocenters. The molecule has 0 saturated carbocycles. The van der Waals surface area contributed by atoms with Crippen LogP contribution in [0.15, 0.2) is 0 Å². The van der Waals surface area contributed by atoms with Crippen molar-refractivity contribution in [3.8, 4) is 0 Å². The summed E-state index contributed by atoms with van der Waals surface area (Å²) in [4.78, 5) is 11.0. The van der Waals surface area contributed by atoms with Crippen LogP contribution in [0.3, 0.4) is 0 Å². The minimum absolute atomic E-state index is 0.0695. The molecule has 7 heteroatoms. The molecule has 0 amide bonds. The Bertz CT molecular complexity index is 306. The van der Waals surface area contributed by atoms with E-state index in [9.17, 15) is 15.0 Å². The molecule has 2 heterocycles. The largest absolute Gasteiger partial charge is 0.387 e. The maximum absolute atomic E-state index is 11.0. The van der Waals surface area contributed by atoms with Crippen molar-refractivity contribution in [1.82, 2.24) is 0 Å². The third-order valence-electron chi connectivity index (χ3n) is 3.08. The summed E-state index contributed by atoms with van der Waals surface area (Å²) in [6.45, 7) is 1.62. The van der Waals surface area contributed by atoms with Crippen molar-refractivity contribution in [2.24, 2.45) is 0 Å². The van der Waals surface area contributed by atoms with E-state index < -0.39 is 37.0 Å². The third kappa shape index (κ3) is 2.71. The second-order valence-electron chi connectivity index (χ2n) is 4.53. The molecule has 0 aromatic rings. The summed E-state index contributed by atoms with van der Waals surface area (Å²) in [7, 11) is 1.38. The molecule has 0 aliphatic carbocycles. The molecule has 0 aromatic heterocycles. The van der Waals surface area contributed by atoms with Crippen molar-refractivity contribution in [3.63, 3.8) is 0 Å². The Labute approximate surface area is 105 Å². The molecule has 0 radical (unpaired) electrons. The van der Waals surface area contributed by atoms with Gasteiger partial charge in [-0.3, -0.25) is 4.79 Å². The highest BCUT2D eigenvalue weighted by Gasteiger charge is 2.48. The number of aliphatic hydroxyl groups is 2. The van der Waals surface area contributed by atoms with E-state index in [0.717, 1.165) is 0 Å². The summed E-state index contributed by atoms with van der Waals surface area (Å²) in [5, 5.41) is 19.7. The molecule has 0 spiro atoms. The van der Waals surface area contributed by atoms with Crippen LogP contribution in [0.4, 0.5) is 0 Å². The summed E-state index contributed by atoms with van der Waals surface area (Å²) in [6.07, 6.45) is -5.05. The molecule has 2 fully saturated rings. The number of fused-ring (bicyclic) bond motifs is 1. The van der Waals surface area contributed by atoms with Gasteiger partial charge in [-0.05, 0) is 6.92 Å². The Hall–Kier alpha value is -0.570. The zero-order chi connectivity index (χ0) is 13.3. The van der Waals surface area contributed by atoms with Crippen LogP contribution >= 0.6 is 0 Å². The third-order valence-corrected chi connectivity index (χ3v) is 3.08. The van der Waals surface area contributed by atoms with Crippen LogP contribution in [0.25, 0.3) is 0 Å². The minimum atomic E-state index is -1.19. The molecule has 2 saturated heterocycles. The number of ether oxygens (including phenoxy) is 4. The minimum Gasteiger partial charge on any atom is -0.387 e. The summed E-state index contributed by atoms with van der Waals surface area (Å²) >= 11 is 0. The van der Waals surface area contributed by atoms with Crippen molar-refractivity contribution < 1.29 is 34.0 Å². The second kappa shape index (κ2) is 5.60. The fourth-order valence-electron chi connectivity index (χ4n) is 2.16. The Morgan fingerprint density at radius 1 is 1.33 bits per heavy atom. The number of carbonyl (C=O) groups is 1. The summed E-state index contributed by atoms with van der Waals surface area (Å²) < 4.78 is 21.1. The number of hydrogen-bond donors (Lipinski definition) is 2. The van der Waals surface area contributed by atoms with Gasteiger partial charge in [-0.15, -0.1) is 0 Å². The number of ketones is 1. The fourth-order valence-corrected chi connectivity index (χ4v) is 2.16. The van der Waals surface area contributed by atoms with Gasteiger partial charge in [-0.1, -0.05) is 0 Å². The Morgan fingerprint density at radius 3 is 2.67 bits per heavy atom. The standard InChI is InChI=1S/C11H18O7/c1-5(12)3-7-16-4-6-10(18-7)8(13)9(14)11(15-2)17-6/h6-11,13-14H,3-4H2,1-2H3/t6-,7?,8-,9+,10-,11+/m1/s1. The van der Waals surface area contributed by atoms with Crippen LogP contribution in [-0.4, -0.2) is 66.7 Å². The maximum Gasteiger partial charge on any atom is 0.186 e. The zero-order valence-corrected chi connectivity index (χ0v) is 10.3. The van der Waals surface area contributed by atoms with E-state index in [4.69, 9.17) is 18.9 Å². The number of aliphatic hydroxyl groups excluding tert-OH is 2. The molecule has 7 nitrogen and oxygen atoms in total. The van der Waals surface area contributed by atoms with Crippen molar-refractivity contribution in [2.75, 3.05) is 13.7 Å². The highest BCUT2D eigenvalue weighted by molar-refractivity contribution is 5.75. The second-order valence-corrected chi connectivity index (χ2v) is 4.53. The van der Waals surface area contributed by atoms with E-state index in [2.05, 4.69) is 0 Å². The van der Waals surface area contributed by atoms with E-state index in [0.29, 0.717) is 0 Å². The SMILES string of the molecule is CO[C@H]1O[C@@H]2COC(CC(C)=O)O[C@H]2[C@H](O)[C@@H]1O. The average Bonchev–Trinajstić information content (AvgIpc) is 2.33. The first kappa shape index (κ1) is 13.9. The van der Waals surface area contributed by atoms with Gasteiger partial charge in [0.25, 0.3) is 0 Å². The summed E-state index contributed by atoms with van der Waals surface area (Å²) in [5.41, 5.74) is 0. The van der Waals surface area contributed by atoms with E-state index >= 15 is 0 Å². The molecular weight excluding hydrogens is 244 g/mol. The molecule has 18 heavy (non-hydrogen) atoms. The smallest absolute Gasteiger partial charge is 0.186 e. The Morgan fingerprint density at radius 2 is 2.06 bits per heavy atom. The van der Waals surface area contributed by atoms with Crippen molar-refractivity contribution >= 4 is 5.78 Å². The molecule has 0 aromatic carbocycles. The quantitative estimate of drug-likeness (QED) is 0.659. The number of hydrogen-bond acceptors (Lipinski definition) is 7. The lowest BCUT2D eigenvalue weighted by molar-refractivity contribution is -0.355. The van der Waals surface area contributed by atoms with Gasteiger partial charge in [0.2, 0.25) is 0 Å². The van der Waals surface area contributed by atoms with Gasteiger partial charge >= 0.3 is 0 Å². The molecule has 2 aliphatic heterocycles. The van der Waals surface area contributed by atoms with Gasteiger partial charge in [0.05, 0.1) is 13.0 Å². The van der Waals surface area contributed by atoms with Gasteiger partial charge in [0, 0.05) is 7.11 Å². The summed E-state index contributed by atoms with van der Waals surface area (Å²) in [6, 6.07) is 0. The van der Waals surface area contributed by atoms with Gasteiger partial charge in [0.15, 0.2) is 12.6 Å². The highest BCUT2D eigenvalue weighted by Crippen LogP contribution is 2.29.